The zero-order chi connectivity index (χ0) is 12.3. The molecule has 0 atom stereocenters. The summed E-state index contributed by atoms with van der Waals surface area (Å²) in [6.45, 7) is 1.92. The molecule has 0 unspecified atom stereocenters. The number of halogens is 1. The van der Waals surface area contributed by atoms with Gasteiger partial charge in [-0.3, -0.25) is 0 Å². The summed E-state index contributed by atoms with van der Waals surface area (Å²) in [5.41, 5.74) is 2.29. The fraction of sp³-hybridized carbons (Fsp3) is 0.0769. The Hall–Kier alpha value is -2.05. The van der Waals surface area contributed by atoms with Crippen LogP contribution in [0.25, 0.3) is 0 Å². The van der Waals surface area contributed by atoms with Crippen molar-refractivity contribution in [2.24, 2.45) is 0 Å². The van der Waals surface area contributed by atoms with E-state index in [2.05, 4.69) is 16.4 Å². The SMILES string of the molecule is Cc1c(Cl)cccc1Nc1ncccc1C#N. The molecule has 84 valence electrons. The van der Waals surface area contributed by atoms with Gasteiger partial charge in [0.05, 0.1) is 5.56 Å². The van der Waals surface area contributed by atoms with Gasteiger partial charge in [-0.15, -0.1) is 0 Å². The Kier molecular flexibility index (Phi) is 3.27. The number of aromatic nitrogens is 1. The maximum absolute atomic E-state index is 8.96. The molecule has 1 N–H and O–H groups in total. The highest BCUT2D eigenvalue weighted by molar-refractivity contribution is 6.31. The molecule has 4 heteroatoms. The quantitative estimate of drug-likeness (QED) is 0.876. The van der Waals surface area contributed by atoms with Crippen LogP contribution in [0.15, 0.2) is 36.5 Å². The van der Waals surface area contributed by atoms with E-state index in [1.807, 2.05) is 25.1 Å². The van der Waals surface area contributed by atoms with Gasteiger partial charge >= 0.3 is 0 Å². The Bertz CT molecular complexity index is 587. The lowest BCUT2D eigenvalue weighted by atomic mass is 10.2. The minimum atomic E-state index is 0.506. The van der Waals surface area contributed by atoms with E-state index < -0.39 is 0 Å². The van der Waals surface area contributed by atoms with Crippen molar-refractivity contribution in [1.29, 1.82) is 5.26 Å². The van der Waals surface area contributed by atoms with Crippen molar-refractivity contribution in [3.63, 3.8) is 0 Å². The van der Waals surface area contributed by atoms with E-state index in [0.717, 1.165) is 11.3 Å². The van der Waals surface area contributed by atoms with Crippen LogP contribution >= 0.6 is 11.6 Å². The van der Waals surface area contributed by atoms with Gasteiger partial charge in [-0.1, -0.05) is 17.7 Å². The number of nitrogens with zero attached hydrogens (tertiary/aromatic N) is 2. The second-order valence-corrected chi connectivity index (χ2v) is 3.96. The molecule has 0 aliphatic carbocycles. The summed E-state index contributed by atoms with van der Waals surface area (Å²) in [6.07, 6.45) is 1.64. The van der Waals surface area contributed by atoms with Crippen LogP contribution in [-0.2, 0) is 0 Å². The summed E-state index contributed by atoms with van der Waals surface area (Å²) in [6, 6.07) is 11.1. The molecule has 0 radical (unpaired) electrons. The molecule has 2 rings (SSSR count). The van der Waals surface area contributed by atoms with Crippen LogP contribution in [0.4, 0.5) is 11.5 Å². The zero-order valence-corrected chi connectivity index (χ0v) is 9.99. The number of nitrogens with one attached hydrogen (secondary N) is 1. The van der Waals surface area contributed by atoms with E-state index in [1.165, 1.54) is 0 Å². The van der Waals surface area contributed by atoms with Gasteiger partial charge in [0.2, 0.25) is 0 Å². The van der Waals surface area contributed by atoms with E-state index in [1.54, 1.807) is 18.3 Å². The Morgan fingerprint density at radius 3 is 2.88 bits per heavy atom. The van der Waals surface area contributed by atoms with E-state index >= 15 is 0 Å². The molecule has 1 aromatic heterocycles. The third-order valence-electron chi connectivity index (χ3n) is 2.45. The third-order valence-corrected chi connectivity index (χ3v) is 2.86. The Morgan fingerprint density at radius 1 is 1.29 bits per heavy atom. The number of hydrogen-bond acceptors (Lipinski definition) is 3. The molecule has 1 aromatic carbocycles. The highest BCUT2D eigenvalue weighted by Gasteiger charge is 2.06. The van der Waals surface area contributed by atoms with Gasteiger partial charge in [-0.25, -0.2) is 4.98 Å². The minimum absolute atomic E-state index is 0.506. The van der Waals surface area contributed by atoms with Gasteiger partial charge in [-0.05, 0) is 36.8 Å². The average molecular weight is 244 g/mol. The van der Waals surface area contributed by atoms with E-state index in [9.17, 15) is 0 Å². The molecule has 17 heavy (non-hydrogen) atoms. The van der Waals surface area contributed by atoms with Gasteiger partial charge in [0, 0.05) is 16.9 Å². The van der Waals surface area contributed by atoms with E-state index in [0.29, 0.717) is 16.4 Å². The zero-order valence-electron chi connectivity index (χ0n) is 9.24. The Balaban J connectivity index is 2.39. The first-order valence-electron chi connectivity index (χ1n) is 5.09. The van der Waals surface area contributed by atoms with Crippen molar-refractivity contribution in [2.45, 2.75) is 6.92 Å². The van der Waals surface area contributed by atoms with Crippen LogP contribution in [0.5, 0.6) is 0 Å². The number of benzene rings is 1. The number of anilines is 2. The molecule has 2 aromatic rings. The van der Waals surface area contributed by atoms with Crippen molar-refractivity contribution < 1.29 is 0 Å². The topological polar surface area (TPSA) is 48.7 Å². The van der Waals surface area contributed by atoms with Crippen molar-refractivity contribution in [3.8, 4) is 6.07 Å². The van der Waals surface area contributed by atoms with Gasteiger partial charge in [0.1, 0.15) is 11.9 Å². The summed E-state index contributed by atoms with van der Waals surface area (Å²) >= 11 is 6.03. The molecule has 1 heterocycles. The van der Waals surface area contributed by atoms with E-state index in [4.69, 9.17) is 16.9 Å². The van der Waals surface area contributed by atoms with Gasteiger partial charge in [0.15, 0.2) is 0 Å². The van der Waals surface area contributed by atoms with Crippen molar-refractivity contribution >= 4 is 23.1 Å². The average Bonchev–Trinajstić information content (AvgIpc) is 2.35. The number of nitriles is 1. The normalized spacial score (nSPS) is 9.71. The fourth-order valence-electron chi connectivity index (χ4n) is 1.47. The van der Waals surface area contributed by atoms with Crippen LogP contribution in [0.2, 0.25) is 5.02 Å². The van der Waals surface area contributed by atoms with Crippen LogP contribution in [0.1, 0.15) is 11.1 Å². The molecule has 0 aliphatic rings. The first-order valence-corrected chi connectivity index (χ1v) is 5.47. The molecule has 0 fully saturated rings. The highest BCUT2D eigenvalue weighted by atomic mass is 35.5. The van der Waals surface area contributed by atoms with Crippen molar-refractivity contribution in [1.82, 2.24) is 4.98 Å². The predicted octanol–water partition coefficient (Wildman–Crippen LogP) is 3.66. The second kappa shape index (κ2) is 4.86. The van der Waals surface area contributed by atoms with Crippen molar-refractivity contribution in [3.05, 3.63) is 52.7 Å². The fourth-order valence-corrected chi connectivity index (χ4v) is 1.64. The molecule has 0 bridgehead atoms. The second-order valence-electron chi connectivity index (χ2n) is 3.55. The van der Waals surface area contributed by atoms with Crippen LogP contribution in [0, 0.1) is 18.3 Å². The molecule has 0 amide bonds. The standard InChI is InChI=1S/C13H10ClN3/c1-9-11(14)5-2-6-12(9)17-13-10(8-15)4-3-7-16-13/h2-7H,1H3,(H,16,17). The maximum atomic E-state index is 8.96. The number of hydrogen-bond donors (Lipinski definition) is 1. The van der Waals surface area contributed by atoms with Gasteiger partial charge < -0.3 is 5.32 Å². The summed E-state index contributed by atoms with van der Waals surface area (Å²) in [4.78, 5) is 4.14. The molecule has 3 nitrogen and oxygen atoms in total. The first-order chi connectivity index (χ1) is 8.22. The first kappa shape index (κ1) is 11.4. The van der Waals surface area contributed by atoms with E-state index in [-0.39, 0.29) is 0 Å². The van der Waals surface area contributed by atoms with Crippen molar-refractivity contribution in [2.75, 3.05) is 5.32 Å². The Labute approximate surface area is 105 Å². The lowest BCUT2D eigenvalue weighted by Gasteiger charge is -2.10. The summed E-state index contributed by atoms with van der Waals surface area (Å²) in [5, 5.41) is 12.8. The van der Waals surface area contributed by atoms with Crippen LogP contribution < -0.4 is 5.32 Å². The molecular weight excluding hydrogens is 234 g/mol. The number of rotatable bonds is 2. The molecule has 0 spiro atoms. The molecular formula is C13H10ClN3. The molecule has 0 saturated carbocycles. The summed E-state index contributed by atoms with van der Waals surface area (Å²) in [7, 11) is 0. The Morgan fingerprint density at radius 2 is 2.12 bits per heavy atom. The summed E-state index contributed by atoms with van der Waals surface area (Å²) in [5.74, 6) is 0.542. The lowest BCUT2D eigenvalue weighted by Crippen LogP contribution is -1.98. The van der Waals surface area contributed by atoms with Gasteiger partial charge in [-0.2, -0.15) is 5.26 Å². The third kappa shape index (κ3) is 2.38. The smallest absolute Gasteiger partial charge is 0.148 e. The molecule has 0 saturated heterocycles. The number of pyridine rings is 1. The molecule has 0 aliphatic heterocycles. The summed E-state index contributed by atoms with van der Waals surface area (Å²) < 4.78 is 0. The monoisotopic (exact) mass is 243 g/mol. The minimum Gasteiger partial charge on any atom is -0.339 e. The maximum Gasteiger partial charge on any atom is 0.148 e. The van der Waals surface area contributed by atoms with Crippen LogP contribution in [-0.4, -0.2) is 4.98 Å². The predicted molar refractivity (Wildman–Crippen MR) is 68.4 cm³/mol. The lowest BCUT2D eigenvalue weighted by molar-refractivity contribution is 1.28. The van der Waals surface area contributed by atoms with Gasteiger partial charge in [0.25, 0.3) is 0 Å². The largest absolute Gasteiger partial charge is 0.339 e. The highest BCUT2D eigenvalue weighted by Crippen LogP contribution is 2.26. The van der Waals surface area contributed by atoms with Crippen LogP contribution in [0.3, 0.4) is 0 Å².